The molecule has 1 aromatic rings. The van der Waals surface area contributed by atoms with Crippen molar-refractivity contribution in [2.75, 3.05) is 6.26 Å². The summed E-state index contributed by atoms with van der Waals surface area (Å²) in [5.41, 5.74) is 2.64. The molecule has 13 heavy (non-hydrogen) atoms. The number of pyridine rings is 1. The van der Waals surface area contributed by atoms with E-state index in [0.717, 1.165) is 6.42 Å². The highest BCUT2D eigenvalue weighted by Crippen LogP contribution is 2.33. The Kier molecular flexibility index (Phi) is 3.37. The molecular weight excluding hydrogens is 178 g/mol. The molecule has 1 nitrogen and oxygen atoms in total. The molecule has 0 fully saturated rings. The second-order valence-corrected chi connectivity index (χ2v) is 5.08. The Hall–Kier alpha value is -0.500. The predicted molar refractivity (Wildman–Crippen MR) is 60.2 cm³/mol. The zero-order valence-corrected chi connectivity index (χ0v) is 9.61. The van der Waals surface area contributed by atoms with Crippen molar-refractivity contribution in [3.63, 3.8) is 0 Å². The van der Waals surface area contributed by atoms with Crippen LogP contribution in [0.25, 0.3) is 0 Å². The van der Waals surface area contributed by atoms with E-state index < -0.39 is 0 Å². The van der Waals surface area contributed by atoms with Gasteiger partial charge in [0, 0.05) is 17.1 Å². The molecule has 0 aliphatic rings. The van der Waals surface area contributed by atoms with Crippen LogP contribution >= 0.6 is 11.8 Å². The smallest absolute Gasteiger partial charge is 0.0364 e. The molecule has 0 aromatic carbocycles. The average Bonchev–Trinajstić information content (AvgIpc) is 2.18. The molecule has 1 aromatic heterocycles. The Bertz CT molecular complexity index is 281. The molecule has 0 radical (unpaired) electrons. The van der Waals surface area contributed by atoms with E-state index in [1.54, 1.807) is 0 Å². The van der Waals surface area contributed by atoms with Crippen LogP contribution in [0.2, 0.25) is 0 Å². The lowest BCUT2D eigenvalue weighted by atomic mass is 10.0. The third-order valence-electron chi connectivity index (χ3n) is 2.41. The van der Waals surface area contributed by atoms with Crippen LogP contribution in [0.5, 0.6) is 0 Å². The predicted octanol–water partition coefficient (Wildman–Crippen LogP) is 3.24. The summed E-state index contributed by atoms with van der Waals surface area (Å²) < 4.78 is 0.179. The lowest BCUT2D eigenvalue weighted by Gasteiger charge is -2.22. The summed E-state index contributed by atoms with van der Waals surface area (Å²) >= 11 is 1.86. The lowest BCUT2D eigenvalue weighted by Crippen LogP contribution is -2.11. The molecule has 0 unspecified atom stereocenters. The number of thioether (sulfide) groups is 1. The number of rotatable bonds is 3. The molecule has 72 valence electrons. The van der Waals surface area contributed by atoms with E-state index >= 15 is 0 Å². The van der Waals surface area contributed by atoms with Gasteiger partial charge in [0.25, 0.3) is 0 Å². The maximum atomic E-state index is 4.26. The summed E-state index contributed by atoms with van der Waals surface area (Å²) in [7, 11) is 0. The zero-order valence-electron chi connectivity index (χ0n) is 8.79. The van der Waals surface area contributed by atoms with Gasteiger partial charge in [-0.15, -0.1) is 0 Å². The van der Waals surface area contributed by atoms with Crippen LogP contribution in [0.15, 0.2) is 18.5 Å². The van der Waals surface area contributed by atoms with Crippen LogP contribution in [-0.4, -0.2) is 11.2 Å². The highest BCUT2D eigenvalue weighted by atomic mass is 32.2. The first-order valence-corrected chi connectivity index (χ1v) is 5.82. The van der Waals surface area contributed by atoms with E-state index in [1.165, 1.54) is 11.1 Å². The van der Waals surface area contributed by atoms with Gasteiger partial charge in [-0.2, -0.15) is 11.8 Å². The standard InChI is InChI=1S/C11H17NS/c1-5-9-6-10(8-12-7-9)11(2,3)13-4/h6-8H,5H2,1-4H3. The molecule has 0 aliphatic heterocycles. The van der Waals surface area contributed by atoms with Crippen molar-refractivity contribution in [2.24, 2.45) is 0 Å². The number of hydrogen-bond acceptors (Lipinski definition) is 2. The van der Waals surface area contributed by atoms with Crippen LogP contribution in [0.3, 0.4) is 0 Å². The Morgan fingerprint density at radius 1 is 1.38 bits per heavy atom. The Morgan fingerprint density at radius 3 is 2.62 bits per heavy atom. The maximum Gasteiger partial charge on any atom is 0.0364 e. The third kappa shape index (κ3) is 2.47. The topological polar surface area (TPSA) is 12.9 Å². The van der Waals surface area contributed by atoms with Crippen molar-refractivity contribution in [2.45, 2.75) is 31.9 Å². The van der Waals surface area contributed by atoms with Crippen molar-refractivity contribution in [3.05, 3.63) is 29.6 Å². The molecule has 1 heterocycles. The van der Waals surface area contributed by atoms with Gasteiger partial charge in [0.1, 0.15) is 0 Å². The Balaban J connectivity index is 3.01. The van der Waals surface area contributed by atoms with Crippen LogP contribution in [0.1, 0.15) is 31.9 Å². The minimum Gasteiger partial charge on any atom is -0.264 e. The number of aryl methyl sites for hydroxylation is 1. The van der Waals surface area contributed by atoms with Gasteiger partial charge >= 0.3 is 0 Å². The summed E-state index contributed by atoms with van der Waals surface area (Å²) in [6.07, 6.45) is 7.11. The quantitative estimate of drug-likeness (QED) is 0.734. The van der Waals surface area contributed by atoms with Gasteiger partial charge in [-0.25, -0.2) is 0 Å². The fourth-order valence-electron chi connectivity index (χ4n) is 1.13. The molecule has 0 amide bonds. The summed E-state index contributed by atoms with van der Waals surface area (Å²) in [6, 6.07) is 2.25. The van der Waals surface area contributed by atoms with E-state index in [9.17, 15) is 0 Å². The average molecular weight is 195 g/mol. The van der Waals surface area contributed by atoms with Gasteiger partial charge in [-0.3, -0.25) is 4.98 Å². The summed E-state index contributed by atoms with van der Waals surface area (Å²) in [5.74, 6) is 0. The summed E-state index contributed by atoms with van der Waals surface area (Å²) in [6.45, 7) is 6.62. The van der Waals surface area contributed by atoms with Crippen LogP contribution in [0, 0.1) is 0 Å². The molecule has 0 saturated heterocycles. The molecule has 0 N–H and O–H groups in total. The lowest BCUT2D eigenvalue weighted by molar-refractivity contribution is 0.775. The maximum absolute atomic E-state index is 4.26. The number of hydrogen-bond donors (Lipinski definition) is 0. The monoisotopic (exact) mass is 195 g/mol. The van der Waals surface area contributed by atoms with Crippen molar-refractivity contribution in [1.82, 2.24) is 4.98 Å². The minimum absolute atomic E-state index is 0.179. The van der Waals surface area contributed by atoms with Gasteiger partial charge in [0.05, 0.1) is 0 Å². The van der Waals surface area contributed by atoms with Crippen molar-refractivity contribution >= 4 is 11.8 Å². The van der Waals surface area contributed by atoms with Gasteiger partial charge in [0.15, 0.2) is 0 Å². The fourth-order valence-corrected chi connectivity index (χ4v) is 1.48. The van der Waals surface area contributed by atoms with Crippen LogP contribution in [-0.2, 0) is 11.2 Å². The van der Waals surface area contributed by atoms with Crippen molar-refractivity contribution in [3.8, 4) is 0 Å². The number of nitrogens with zero attached hydrogens (tertiary/aromatic N) is 1. The number of aromatic nitrogens is 1. The molecule has 0 saturated carbocycles. The molecule has 0 aliphatic carbocycles. The molecular formula is C11H17NS. The van der Waals surface area contributed by atoms with Crippen molar-refractivity contribution in [1.29, 1.82) is 0 Å². The van der Waals surface area contributed by atoms with Gasteiger partial charge < -0.3 is 0 Å². The summed E-state index contributed by atoms with van der Waals surface area (Å²) in [4.78, 5) is 4.26. The Morgan fingerprint density at radius 2 is 2.08 bits per heavy atom. The Labute approximate surface area is 85.0 Å². The van der Waals surface area contributed by atoms with Crippen LogP contribution < -0.4 is 0 Å². The largest absolute Gasteiger partial charge is 0.264 e. The second kappa shape index (κ2) is 4.14. The van der Waals surface area contributed by atoms with Gasteiger partial charge in [0.2, 0.25) is 0 Å². The molecule has 0 bridgehead atoms. The molecule has 1 rings (SSSR count). The fraction of sp³-hybridized carbons (Fsp3) is 0.545. The first kappa shape index (κ1) is 10.6. The minimum atomic E-state index is 0.179. The molecule has 0 atom stereocenters. The zero-order chi connectivity index (χ0) is 9.90. The first-order chi connectivity index (χ1) is 6.10. The van der Waals surface area contributed by atoms with Gasteiger partial charge in [-0.05, 0) is 37.7 Å². The molecule has 0 spiro atoms. The highest BCUT2D eigenvalue weighted by Gasteiger charge is 2.18. The van der Waals surface area contributed by atoms with E-state index in [-0.39, 0.29) is 4.75 Å². The normalized spacial score (nSPS) is 11.7. The summed E-state index contributed by atoms with van der Waals surface area (Å²) in [5, 5.41) is 0. The van der Waals surface area contributed by atoms with E-state index in [0.29, 0.717) is 0 Å². The second-order valence-electron chi connectivity index (χ2n) is 3.65. The van der Waals surface area contributed by atoms with Crippen molar-refractivity contribution < 1.29 is 0 Å². The van der Waals surface area contributed by atoms with E-state index in [1.807, 2.05) is 24.2 Å². The SMILES string of the molecule is CCc1cncc(C(C)(C)SC)c1. The van der Waals surface area contributed by atoms with Gasteiger partial charge in [-0.1, -0.05) is 13.0 Å². The third-order valence-corrected chi connectivity index (χ3v) is 3.66. The van der Waals surface area contributed by atoms with Crippen LogP contribution in [0.4, 0.5) is 0 Å². The van der Waals surface area contributed by atoms with E-state index in [4.69, 9.17) is 0 Å². The molecule has 2 heteroatoms. The first-order valence-electron chi connectivity index (χ1n) is 4.59. The highest BCUT2D eigenvalue weighted by molar-refractivity contribution is 7.99. The van der Waals surface area contributed by atoms with E-state index in [2.05, 4.69) is 38.1 Å².